The van der Waals surface area contributed by atoms with Crippen molar-refractivity contribution in [2.45, 2.75) is 6.54 Å². The van der Waals surface area contributed by atoms with E-state index in [4.69, 9.17) is 10.2 Å². The first-order valence-electron chi connectivity index (χ1n) is 5.91. The van der Waals surface area contributed by atoms with Crippen LogP contribution in [0.25, 0.3) is 0 Å². The lowest BCUT2D eigenvalue weighted by atomic mass is 10.2. The molecule has 0 aliphatic heterocycles. The van der Waals surface area contributed by atoms with Gasteiger partial charge in [-0.25, -0.2) is 4.79 Å². The van der Waals surface area contributed by atoms with Gasteiger partial charge >= 0.3 is 5.97 Å². The molecule has 0 aliphatic rings. The average molecular weight is 274 g/mol. The van der Waals surface area contributed by atoms with Crippen LogP contribution in [-0.2, 0) is 11.3 Å². The summed E-state index contributed by atoms with van der Waals surface area (Å²) < 4.78 is 9.86. The molecule has 6 heteroatoms. The Kier molecular flexibility index (Phi) is 4.05. The zero-order valence-electron chi connectivity index (χ0n) is 10.9. The van der Waals surface area contributed by atoms with E-state index in [1.807, 2.05) is 0 Å². The number of amides is 1. The van der Waals surface area contributed by atoms with Crippen LogP contribution in [0.3, 0.4) is 0 Å². The summed E-state index contributed by atoms with van der Waals surface area (Å²) in [4.78, 5) is 22.2. The topological polar surface area (TPSA) is 94.6 Å². The SMILES string of the molecule is COC(=O)c1ccc(CNc2ccc(C(N)=O)cc2)o1. The zero-order valence-corrected chi connectivity index (χ0v) is 10.9. The molecule has 104 valence electrons. The Morgan fingerprint density at radius 3 is 2.50 bits per heavy atom. The van der Waals surface area contributed by atoms with E-state index in [1.54, 1.807) is 36.4 Å². The molecule has 1 aromatic carbocycles. The molecule has 0 aliphatic carbocycles. The van der Waals surface area contributed by atoms with Crippen molar-refractivity contribution >= 4 is 17.6 Å². The second kappa shape index (κ2) is 5.92. The first kappa shape index (κ1) is 13.7. The van der Waals surface area contributed by atoms with E-state index in [1.165, 1.54) is 7.11 Å². The number of ether oxygens (including phenoxy) is 1. The third-order valence-corrected chi connectivity index (χ3v) is 2.68. The van der Waals surface area contributed by atoms with Crippen molar-refractivity contribution in [2.24, 2.45) is 5.73 Å². The van der Waals surface area contributed by atoms with Gasteiger partial charge in [0.1, 0.15) is 5.76 Å². The normalized spacial score (nSPS) is 10.1. The molecule has 0 radical (unpaired) electrons. The summed E-state index contributed by atoms with van der Waals surface area (Å²) in [5.41, 5.74) is 6.41. The van der Waals surface area contributed by atoms with Crippen molar-refractivity contribution in [1.82, 2.24) is 0 Å². The first-order valence-corrected chi connectivity index (χ1v) is 5.91. The zero-order chi connectivity index (χ0) is 14.5. The summed E-state index contributed by atoms with van der Waals surface area (Å²) in [6.45, 7) is 0.410. The second-order valence-electron chi connectivity index (χ2n) is 4.05. The smallest absolute Gasteiger partial charge is 0.373 e. The summed E-state index contributed by atoms with van der Waals surface area (Å²) in [5, 5.41) is 3.10. The molecule has 0 unspecified atom stereocenters. The van der Waals surface area contributed by atoms with Gasteiger partial charge < -0.3 is 20.2 Å². The summed E-state index contributed by atoms with van der Waals surface area (Å²) in [5.74, 6) is -0.217. The third kappa shape index (κ3) is 3.17. The molecule has 2 aromatic rings. The van der Waals surface area contributed by atoms with E-state index in [2.05, 4.69) is 10.1 Å². The highest BCUT2D eigenvalue weighted by molar-refractivity contribution is 5.93. The maximum Gasteiger partial charge on any atom is 0.373 e. The van der Waals surface area contributed by atoms with Gasteiger partial charge in [0.2, 0.25) is 11.7 Å². The van der Waals surface area contributed by atoms with Gasteiger partial charge in [-0.1, -0.05) is 0 Å². The molecule has 1 amide bonds. The number of nitrogens with two attached hydrogens (primary N) is 1. The molecule has 3 N–H and O–H groups in total. The summed E-state index contributed by atoms with van der Waals surface area (Å²) in [6, 6.07) is 9.99. The van der Waals surface area contributed by atoms with E-state index in [0.29, 0.717) is 17.9 Å². The number of hydrogen-bond donors (Lipinski definition) is 2. The lowest BCUT2D eigenvalue weighted by molar-refractivity contribution is 0.0563. The number of hydrogen-bond acceptors (Lipinski definition) is 5. The fraction of sp³-hybridized carbons (Fsp3) is 0.143. The van der Waals surface area contributed by atoms with Crippen molar-refractivity contribution in [3.8, 4) is 0 Å². The van der Waals surface area contributed by atoms with Crippen LogP contribution in [0.2, 0.25) is 0 Å². The van der Waals surface area contributed by atoms with E-state index in [9.17, 15) is 9.59 Å². The lowest BCUT2D eigenvalue weighted by Gasteiger charge is -2.04. The van der Waals surface area contributed by atoms with E-state index in [0.717, 1.165) is 5.69 Å². The van der Waals surface area contributed by atoms with E-state index >= 15 is 0 Å². The molecular formula is C14H14N2O4. The van der Waals surface area contributed by atoms with Crippen molar-refractivity contribution in [3.63, 3.8) is 0 Å². The number of furan rings is 1. The van der Waals surface area contributed by atoms with Crippen LogP contribution in [0.4, 0.5) is 5.69 Å². The molecule has 0 saturated carbocycles. The molecule has 1 heterocycles. The van der Waals surface area contributed by atoms with Crippen molar-refractivity contribution in [1.29, 1.82) is 0 Å². The minimum Gasteiger partial charge on any atom is -0.463 e. The minimum atomic E-state index is -0.512. The van der Waals surface area contributed by atoms with Crippen molar-refractivity contribution < 1.29 is 18.7 Å². The molecule has 0 saturated heterocycles. The summed E-state index contributed by atoms with van der Waals surface area (Å²) in [7, 11) is 1.29. The molecule has 0 bridgehead atoms. The Balaban J connectivity index is 1.96. The summed E-state index contributed by atoms with van der Waals surface area (Å²) >= 11 is 0. The second-order valence-corrected chi connectivity index (χ2v) is 4.05. The highest BCUT2D eigenvalue weighted by atomic mass is 16.5. The molecular weight excluding hydrogens is 260 g/mol. The van der Waals surface area contributed by atoms with Crippen LogP contribution >= 0.6 is 0 Å². The highest BCUT2D eigenvalue weighted by Crippen LogP contribution is 2.13. The largest absolute Gasteiger partial charge is 0.463 e. The number of rotatable bonds is 5. The Morgan fingerprint density at radius 1 is 1.20 bits per heavy atom. The molecule has 2 rings (SSSR count). The Hall–Kier alpha value is -2.76. The van der Waals surface area contributed by atoms with Crippen molar-refractivity contribution in [3.05, 3.63) is 53.5 Å². The van der Waals surface area contributed by atoms with Crippen LogP contribution in [0.15, 0.2) is 40.8 Å². The summed E-state index contributed by atoms with van der Waals surface area (Å²) in [6.07, 6.45) is 0. The number of primary amides is 1. The molecule has 0 atom stereocenters. The maximum absolute atomic E-state index is 11.2. The van der Waals surface area contributed by atoms with Gasteiger partial charge in [-0.15, -0.1) is 0 Å². The number of benzene rings is 1. The molecule has 0 fully saturated rings. The Morgan fingerprint density at radius 2 is 1.90 bits per heavy atom. The predicted octanol–water partition coefficient (Wildman–Crippen LogP) is 1.78. The number of anilines is 1. The van der Waals surface area contributed by atoms with Crippen LogP contribution in [-0.4, -0.2) is 19.0 Å². The van der Waals surface area contributed by atoms with Gasteiger partial charge in [-0.2, -0.15) is 0 Å². The number of carbonyl (C=O) groups is 2. The number of carbonyl (C=O) groups excluding carboxylic acids is 2. The Bertz CT molecular complexity index is 616. The average Bonchev–Trinajstić information content (AvgIpc) is 2.93. The first-order chi connectivity index (χ1) is 9.60. The van der Waals surface area contributed by atoms with Gasteiger partial charge in [0, 0.05) is 11.3 Å². The standard InChI is InChI=1S/C14H14N2O4/c1-19-14(18)12-7-6-11(20-12)8-16-10-4-2-9(3-5-10)13(15)17/h2-7,16H,8H2,1H3,(H2,15,17). The van der Waals surface area contributed by atoms with Crippen molar-refractivity contribution in [2.75, 3.05) is 12.4 Å². The van der Waals surface area contributed by atoms with E-state index in [-0.39, 0.29) is 5.76 Å². The quantitative estimate of drug-likeness (QED) is 0.810. The third-order valence-electron chi connectivity index (χ3n) is 2.68. The minimum absolute atomic E-state index is 0.161. The van der Waals surface area contributed by atoms with Crippen LogP contribution in [0, 0.1) is 0 Å². The Labute approximate surface area is 115 Å². The highest BCUT2D eigenvalue weighted by Gasteiger charge is 2.10. The molecule has 6 nitrogen and oxygen atoms in total. The molecule has 20 heavy (non-hydrogen) atoms. The maximum atomic E-state index is 11.2. The lowest BCUT2D eigenvalue weighted by Crippen LogP contribution is -2.10. The van der Waals surface area contributed by atoms with E-state index < -0.39 is 11.9 Å². The fourth-order valence-electron chi connectivity index (χ4n) is 1.62. The van der Waals surface area contributed by atoms with Gasteiger partial charge in [-0.3, -0.25) is 4.79 Å². The van der Waals surface area contributed by atoms with Crippen LogP contribution in [0.5, 0.6) is 0 Å². The monoisotopic (exact) mass is 274 g/mol. The fourth-order valence-corrected chi connectivity index (χ4v) is 1.62. The number of nitrogens with one attached hydrogen (secondary N) is 1. The van der Waals surface area contributed by atoms with Gasteiger partial charge in [0.25, 0.3) is 0 Å². The van der Waals surface area contributed by atoms with Gasteiger partial charge in [-0.05, 0) is 36.4 Å². The number of methoxy groups -OCH3 is 1. The molecule has 0 spiro atoms. The van der Waals surface area contributed by atoms with Gasteiger partial charge in [0.15, 0.2) is 0 Å². The number of esters is 1. The predicted molar refractivity (Wildman–Crippen MR) is 72.3 cm³/mol. The van der Waals surface area contributed by atoms with Crippen LogP contribution < -0.4 is 11.1 Å². The van der Waals surface area contributed by atoms with Crippen LogP contribution in [0.1, 0.15) is 26.7 Å². The van der Waals surface area contributed by atoms with Gasteiger partial charge in [0.05, 0.1) is 13.7 Å². The molecule has 1 aromatic heterocycles.